The number of pyridine rings is 1. The summed E-state index contributed by atoms with van der Waals surface area (Å²) in [5.74, 6) is 0.988. The third-order valence-corrected chi connectivity index (χ3v) is 6.55. The van der Waals surface area contributed by atoms with Gasteiger partial charge in [-0.3, -0.25) is 15.0 Å². The number of aromatic nitrogens is 1. The zero-order chi connectivity index (χ0) is 29.0. The molecule has 2 aliphatic heterocycles. The maximum Gasteiger partial charge on any atom is 0.416 e. The van der Waals surface area contributed by atoms with E-state index in [-0.39, 0.29) is 23.7 Å². The zero-order valence-corrected chi connectivity index (χ0v) is 22.1. The lowest BCUT2D eigenvalue weighted by Crippen LogP contribution is -2.22. The second-order valence-electron chi connectivity index (χ2n) is 9.61. The van der Waals surface area contributed by atoms with Crippen LogP contribution in [0.5, 0.6) is 17.2 Å². The molecular formula is C29H27F3N4O5. The summed E-state index contributed by atoms with van der Waals surface area (Å²) in [4.78, 5) is 30.6. The van der Waals surface area contributed by atoms with E-state index in [1.165, 1.54) is 19.4 Å². The van der Waals surface area contributed by atoms with E-state index in [1.807, 2.05) is 0 Å². The fourth-order valence-corrected chi connectivity index (χ4v) is 4.61. The van der Waals surface area contributed by atoms with Gasteiger partial charge in [-0.25, -0.2) is 9.78 Å². The largest absolute Gasteiger partial charge is 0.488 e. The third-order valence-electron chi connectivity index (χ3n) is 6.55. The summed E-state index contributed by atoms with van der Waals surface area (Å²) in [6.45, 7) is 2.00. The number of carbonyl (C=O) groups excluding carboxylic acids is 2. The van der Waals surface area contributed by atoms with Crippen molar-refractivity contribution in [1.82, 2.24) is 9.88 Å². The average Bonchev–Trinajstić information content (AvgIpc) is 3.45. The summed E-state index contributed by atoms with van der Waals surface area (Å²) in [6.07, 6.45) is -0.133. The predicted molar refractivity (Wildman–Crippen MR) is 145 cm³/mol. The quantitative estimate of drug-likeness (QED) is 0.356. The predicted octanol–water partition coefficient (Wildman–Crippen LogP) is 6.08. The van der Waals surface area contributed by atoms with Gasteiger partial charge >= 0.3 is 12.3 Å². The Morgan fingerprint density at radius 1 is 1.02 bits per heavy atom. The molecule has 3 heterocycles. The number of ether oxygens (including phenoxy) is 3. The van der Waals surface area contributed by atoms with Gasteiger partial charge in [-0.2, -0.15) is 13.2 Å². The Bertz CT molecular complexity index is 1490. The van der Waals surface area contributed by atoms with Gasteiger partial charge in [0.1, 0.15) is 29.7 Å². The topological polar surface area (TPSA) is 102 Å². The van der Waals surface area contributed by atoms with E-state index in [4.69, 9.17) is 9.47 Å². The minimum Gasteiger partial charge on any atom is -0.488 e. The molecule has 0 spiro atoms. The molecule has 0 bridgehead atoms. The van der Waals surface area contributed by atoms with Gasteiger partial charge in [0.25, 0.3) is 5.91 Å². The molecule has 1 fully saturated rings. The van der Waals surface area contributed by atoms with E-state index >= 15 is 0 Å². The highest BCUT2D eigenvalue weighted by molar-refractivity contribution is 6.07. The van der Waals surface area contributed by atoms with Crippen LogP contribution >= 0.6 is 0 Å². The normalized spacial score (nSPS) is 14.9. The standard InChI is InChI=1S/C29H27F3N4O5/c1-39-28(38)35-26-15-24(6-7-33-26)41-23-4-5-25-19(13-23)12-20(17-40-25)27(37)34-22-11-18(16-36-8-2-3-9-36)10-21(14-22)29(30,31)32/h4-7,10-15H,2-3,8-9,16-17H2,1H3,(H,34,37)(H,33,35,38). The Labute approximate surface area is 233 Å². The van der Waals surface area contributed by atoms with Crippen LogP contribution in [0.4, 0.5) is 29.5 Å². The number of hydrogen-bond acceptors (Lipinski definition) is 7. The number of benzene rings is 2. The number of methoxy groups -OCH3 is 1. The van der Waals surface area contributed by atoms with Crippen molar-refractivity contribution in [3.05, 3.63) is 77.0 Å². The summed E-state index contributed by atoms with van der Waals surface area (Å²) in [5, 5.41) is 5.06. The summed E-state index contributed by atoms with van der Waals surface area (Å²) in [6, 6.07) is 11.8. The SMILES string of the molecule is COC(=O)Nc1cc(Oc2ccc3c(c2)C=C(C(=O)Nc2cc(CN4CCCC4)cc(C(F)(F)F)c2)CO3)ccn1. The van der Waals surface area contributed by atoms with E-state index in [2.05, 4.69) is 25.3 Å². The monoisotopic (exact) mass is 568 g/mol. The number of halogens is 3. The molecular weight excluding hydrogens is 541 g/mol. The van der Waals surface area contributed by atoms with E-state index in [9.17, 15) is 22.8 Å². The van der Waals surface area contributed by atoms with Crippen LogP contribution in [0.2, 0.25) is 0 Å². The van der Waals surface area contributed by atoms with Crippen LogP contribution in [0.25, 0.3) is 6.08 Å². The number of carbonyl (C=O) groups is 2. The number of alkyl halides is 3. The van der Waals surface area contributed by atoms with Crippen LogP contribution in [-0.2, 0) is 22.3 Å². The lowest BCUT2D eigenvalue weighted by atomic mass is 10.1. The van der Waals surface area contributed by atoms with Crippen LogP contribution in [0, 0.1) is 0 Å². The first-order chi connectivity index (χ1) is 19.7. The molecule has 0 radical (unpaired) electrons. The highest BCUT2D eigenvalue weighted by Gasteiger charge is 2.32. The molecule has 1 saturated heterocycles. The van der Waals surface area contributed by atoms with E-state index in [0.717, 1.165) is 38.1 Å². The van der Waals surface area contributed by atoms with Crippen molar-refractivity contribution in [2.45, 2.75) is 25.6 Å². The van der Waals surface area contributed by atoms with Crippen LogP contribution in [0.3, 0.4) is 0 Å². The van der Waals surface area contributed by atoms with Crippen molar-refractivity contribution in [1.29, 1.82) is 0 Å². The minimum atomic E-state index is -4.55. The number of nitrogens with zero attached hydrogens (tertiary/aromatic N) is 2. The first kappa shape index (κ1) is 28.0. The Balaban J connectivity index is 1.32. The summed E-state index contributed by atoms with van der Waals surface area (Å²) >= 11 is 0. The zero-order valence-electron chi connectivity index (χ0n) is 22.1. The van der Waals surface area contributed by atoms with Gasteiger partial charge < -0.3 is 19.5 Å². The average molecular weight is 569 g/mol. The molecule has 0 aliphatic carbocycles. The second-order valence-corrected chi connectivity index (χ2v) is 9.61. The van der Waals surface area contributed by atoms with Gasteiger partial charge in [0.2, 0.25) is 0 Å². The molecule has 12 heteroatoms. The van der Waals surface area contributed by atoms with Crippen LogP contribution < -0.4 is 20.1 Å². The van der Waals surface area contributed by atoms with E-state index in [1.54, 1.807) is 36.4 Å². The van der Waals surface area contributed by atoms with Crippen molar-refractivity contribution < 1.29 is 37.0 Å². The van der Waals surface area contributed by atoms with Gasteiger partial charge in [-0.05, 0) is 80.0 Å². The van der Waals surface area contributed by atoms with Crippen LogP contribution in [0.1, 0.15) is 29.5 Å². The van der Waals surface area contributed by atoms with Gasteiger partial charge in [0.15, 0.2) is 0 Å². The molecule has 9 nitrogen and oxygen atoms in total. The smallest absolute Gasteiger partial charge is 0.416 e. The molecule has 5 rings (SSSR count). The second kappa shape index (κ2) is 11.9. The van der Waals surface area contributed by atoms with Crippen molar-refractivity contribution in [2.75, 3.05) is 37.4 Å². The highest BCUT2D eigenvalue weighted by Crippen LogP contribution is 2.35. The first-order valence-corrected chi connectivity index (χ1v) is 12.9. The number of nitrogens with one attached hydrogen (secondary N) is 2. The molecule has 2 N–H and O–H groups in total. The number of likely N-dealkylation sites (tertiary alicyclic amines) is 1. The molecule has 2 aliphatic rings. The molecule has 0 saturated carbocycles. The van der Waals surface area contributed by atoms with E-state index < -0.39 is 23.7 Å². The molecule has 2 amide bonds. The maximum atomic E-state index is 13.6. The van der Waals surface area contributed by atoms with Gasteiger partial charge in [0, 0.05) is 30.1 Å². The number of amides is 2. The van der Waals surface area contributed by atoms with Crippen molar-refractivity contribution >= 4 is 29.6 Å². The number of hydrogen-bond donors (Lipinski definition) is 2. The Kier molecular flexibility index (Phi) is 8.11. The van der Waals surface area contributed by atoms with Crippen molar-refractivity contribution in [2.24, 2.45) is 0 Å². The highest BCUT2D eigenvalue weighted by atomic mass is 19.4. The Hall–Kier alpha value is -4.58. The first-order valence-electron chi connectivity index (χ1n) is 12.9. The lowest BCUT2D eigenvalue weighted by molar-refractivity contribution is -0.137. The molecule has 41 heavy (non-hydrogen) atoms. The van der Waals surface area contributed by atoms with Crippen molar-refractivity contribution in [3.63, 3.8) is 0 Å². The Morgan fingerprint density at radius 3 is 2.56 bits per heavy atom. The minimum absolute atomic E-state index is 0.0501. The summed E-state index contributed by atoms with van der Waals surface area (Å²) in [5.41, 5.74) is 0.531. The lowest BCUT2D eigenvalue weighted by Gasteiger charge is -2.20. The third kappa shape index (κ3) is 7.14. The molecule has 214 valence electrons. The molecule has 0 atom stereocenters. The molecule has 1 aromatic heterocycles. The maximum absolute atomic E-state index is 13.6. The van der Waals surface area contributed by atoms with Gasteiger partial charge in [-0.1, -0.05) is 0 Å². The van der Waals surface area contributed by atoms with Gasteiger partial charge in [-0.15, -0.1) is 0 Å². The van der Waals surface area contributed by atoms with Crippen molar-refractivity contribution in [3.8, 4) is 17.2 Å². The fourth-order valence-electron chi connectivity index (χ4n) is 4.61. The van der Waals surface area contributed by atoms with Crippen LogP contribution in [-0.4, -0.2) is 48.7 Å². The van der Waals surface area contributed by atoms with Crippen LogP contribution in [0.15, 0.2) is 60.3 Å². The Morgan fingerprint density at radius 2 is 1.80 bits per heavy atom. The number of anilines is 2. The molecule has 2 aromatic carbocycles. The fraction of sp³-hybridized carbons (Fsp3) is 0.276. The molecule has 0 unspecified atom stereocenters. The number of fused-ring (bicyclic) bond motifs is 1. The summed E-state index contributed by atoms with van der Waals surface area (Å²) < 4.78 is 57.0. The van der Waals surface area contributed by atoms with Gasteiger partial charge in [0.05, 0.1) is 18.2 Å². The summed E-state index contributed by atoms with van der Waals surface area (Å²) in [7, 11) is 1.24. The number of rotatable bonds is 7. The molecule has 3 aromatic rings. The van der Waals surface area contributed by atoms with E-state index in [0.29, 0.717) is 34.9 Å².